The highest BCUT2D eigenvalue weighted by molar-refractivity contribution is 5.29. The summed E-state index contributed by atoms with van der Waals surface area (Å²) in [5.74, 6) is -0.247. The Morgan fingerprint density at radius 2 is 1.88 bits per heavy atom. The molecule has 1 aromatic rings. The monoisotopic (exact) mass is 245 g/mol. The van der Waals surface area contributed by atoms with Gasteiger partial charge in [0.2, 0.25) is 0 Å². The van der Waals surface area contributed by atoms with Gasteiger partial charge in [0.15, 0.2) is 0 Å². The summed E-state index contributed by atoms with van der Waals surface area (Å²) in [5.41, 5.74) is 7.53. The standard InChI is InChI=1S/C12H14F3NO/c1-8(2)7-11(16)9-3-5-10(6-4-9)17-12(13,14)15/h3-6,11H,1,7,16H2,2H3. The second kappa shape index (κ2) is 5.23. The maximum atomic E-state index is 11.9. The van der Waals surface area contributed by atoms with Crippen LogP contribution in [0.1, 0.15) is 24.9 Å². The van der Waals surface area contributed by atoms with Gasteiger partial charge in [0, 0.05) is 6.04 Å². The first-order valence-corrected chi connectivity index (χ1v) is 5.03. The molecule has 0 bridgehead atoms. The molecule has 5 heteroatoms. The largest absolute Gasteiger partial charge is 0.573 e. The normalized spacial score (nSPS) is 13.2. The highest BCUT2D eigenvalue weighted by atomic mass is 19.4. The Kier molecular flexibility index (Phi) is 4.17. The summed E-state index contributed by atoms with van der Waals surface area (Å²) in [4.78, 5) is 0. The highest BCUT2D eigenvalue weighted by Gasteiger charge is 2.30. The Morgan fingerprint density at radius 1 is 1.35 bits per heavy atom. The van der Waals surface area contributed by atoms with Crippen LogP contribution in [0.25, 0.3) is 0 Å². The predicted octanol–water partition coefficient (Wildman–Crippen LogP) is 3.55. The van der Waals surface area contributed by atoms with Crippen LogP contribution in [0.3, 0.4) is 0 Å². The van der Waals surface area contributed by atoms with E-state index in [9.17, 15) is 13.2 Å². The molecule has 0 aliphatic carbocycles. The van der Waals surface area contributed by atoms with Gasteiger partial charge in [-0.1, -0.05) is 17.7 Å². The molecule has 94 valence electrons. The van der Waals surface area contributed by atoms with Crippen molar-refractivity contribution < 1.29 is 17.9 Å². The van der Waals surface area contributed by atoms with Crippen molar-refractivity contribution in [2.24, 2.45) is 5.73 Å². The molecule has 0 aliphatic heterocycles. The molecule has 0 aromatic heterocycles. The van der Waals surface area contributed by atoms with E-state index >= 15 is 0 Å². The lowest BCUT2D eigenvalue weighted by atomic mass is 10.0. The van der Waals surface area contributed by atoms with Gasteiger partial charge in [0.05, 0.1) is 0 Å². The molecule has 2 nitrogen and oxygen atoms in total. The third-order valence-electron chi connectivity index (χ3n) is 2.11. The van der Waals surface area contributed by atoms with Crippen LogP contribution in [-0.4, -0.2) is 6.36 Å². The number of hydrogen-bond acceptors (Lipinski definition) is 2. The quantitative estimate of drug-likeness (QED) is 0.823. The van der Waals surface area contributed by atoms with Crippen LogP contribution >= 0.6 is 0 Å². The van der Waals surface area contributed by atoms with E-state index in [-0.39, 0.29) is 11.8 Å². The van der Waals surface area contributed by atoms with Crippen LogP contribution in [0.15, 0.2) is 36.4 Å². The number of rotatable bonds is 4. The molecule has 2 N–H and O–H groups in total. The van der Waals surface area contributed by atoms with Gasteiger partial charge in [-0.05, 0) is 31.0 Å². The number of ether oxygens (including phenoxy) is 1. The molecule has 1 aromatic carbocycles. The van der Waals surface area contributed by atoms with Crippen LogP contribution < -0.4 is 10.5 Å². The summed E-state index contributed by atoms with van der Waals surface area (Å²) in [7, 11) is 0. The fourth-order valence-corrected chi connectivity index (χ4v) is 1.41. The predicted molar refractivity (Wildman–Crippen MR) is 59.5 cm³/mol. The van der Waals surface area contributed by atoms with Gasteiger partial charge >= 0.3 is 6.36 Å². The SMILES string of the molecule is C=C(C)CC(N)c1ccc(OC(F)(F)F)cc1. The molecular formula is C12H14F3NO. The van der Waals surface area contributed by atoms with Crippen molar-refractivity contribution in [3.63, 3.8) is 0 Å². The number of hydrogen-bond donors (Lipinski definition) is 1. The average Bonchev–Trinajstić information content (AvgIpc) is 2.15. The smallest absolute Gasteiger partial charge is 0.406 e. The Bertz CT molecular complexity index is 384. The first-order chi connectivity index (χ1) is 7.78. The van der Waals surface area contributed by atoms with Crippen molar-refractivity contribution in [2.45, 2.75) is 25.7 Å². The Hall–Kier alpha value is -1.49. The summed E-state index contributed by atoms with van der Waals surface area (Å²) < 4.78 is 39.5. The first kappa shape index (κ1) is 13.6. The fourth-order valence-electron chi connectivity index (χ4n) is 1.41. The molecule has 17 heavy (non-hydrogen) atoms. The molecule has 0 aliphatic rings. The fraction of sp³-hybridized carbons (Fsp3) is 0.333. The van der Waals surface area contributed by atoms with E-state index in [1.54, 1.807) is 0 Å². The average molecular weight is 245 g/mol. The van der Waals surface area contributed by atoms with Crippen LogP contribution in [-0.2, 0) is 0 Å². The molecule has 1 unspecified atom stereocenters. The van der Waals surface area contributed by atoms with E-state index in [2.05, 4.69) is 11.3 Å². The minimum Gasteiger partial charge on any atom is -0.406 e. The summed E-state index contributed by atoms with van der Waals surface area (Å²) in [6.07, 6.45) is -4.07. The van der Waals surface area contributed by atoms with Crippen LogP contribution in [0.5, 0.6) is 5.75 Å². The van der Waals surface area contributed by atoms with Crippen molar-refractivity contribution >= 4 is 0 Å². The summed E-state index contributed by atoms with van der Waals surface area (Å²) in [6, 6.07) is 5.29. The zero-order valence-corrected chi connectivity index (χ0v) is 9.42. The third-order valence-corrected chi connectivity index (χ3v) is 2.11. The topological polar surface area (TPSA) is 35.2 Å². The molecule has 0 saturated carbocycles. The molecule has 1 rings (SSSR count). The second-order valence-electron chi connectivity index (χ2n) is 3.88. The van der Waals surface area contributed by atoms with Crippen LogP contribution in [0.2, 0.25) is 0 Å². The molecule has 0 spiro atoms. The summed E-state index contributed by atoms with van der Waals surface area (Å²) in [6.45, 7) is 5.58. The third kappa shape index (κ3) is 4.91. The second-order valence-corrected chi connectivity index (χ2v) is 3.88. The van der Waals surface area contributed by atoms with Crippen molar-refractivity contribution in [3.8, 4) is 5.75 Å². The van der Waals surface area contributed by atoms with E-state index in [0.717, 1.165) is 11.1 Å². The van der Waals surface area contributed by atoms with Gasteiger partial charge in [0.1, 0.15) is 5.75 Å². The molecule has 0 radical (unpaired) electrons. The minimum absolute atomic E-state index is 0.247. The van der Waals surface area contributed by atoms with Crippen molar-refractivity contribution in [2.75, 3.05) is 0 Å². The lowest BCUT2D eigenvalue weighted by Gasteiger charge is -2.13. The van der Waals surface area contributed by atoms with E-state index in [1.807, 2.05) is 6.92 Å². The van der Waals surface area contributed by atoms with Crippen molar-refractivity contribution in [3.05, 3.63) is 42.0 Å². The zero-order chi connectivity index (χ0) is 13.1. The number of halogens is 3. The summed E-state index contributed by atoms with van der Waals surface area (Å²) in [5, 5.41) is 0. The van der Waals surface area contributed by atoms with Gasteiger partial charge in [-0.15, -0.1) is 19.8 Å². The molecule has 1 atom stereocenters. The van der Waals surface area contributed by atoms with Gasteiger partial charge in [-0.2, -0.15) is 0 Å². The van der Waals surface area contributed by atoms with E-state index in [1.165, 1.54) is 24.3 Å². The van der Waals surface area contributed by atoms with Gasteiger partial charge in [-0.3, -0.25) is 0 Å². The maximum Gasteiger partial charge on any atom is 0.573 e. The van der Waals surface area contributed by atoms with Crippen LogP contribution in [0, 0.1) is 0 Å². The van der Waals surface area contributed by atoms with Crippen molar-refractivity contribution in [1.29, 1.82) is 0 Å². The van der Waals surface area contributed by atoms with Gasteiger partial charge in [0.25, 0.3) is 0 Å². The molecule has 0 fully saturated rings. The van der Waals surface area contributed by atoms with Crippen LogP contribution in [0.4, 0.5) is 13.2 Å². The Labute approximate surface area is 97.9 Å². The molecule has 0 saturated heterocycles. The molecule has 0 heterocycles. The number of nitrogens with two attached hydrogens (primary N) is 1. The molecule has 0 amide bonds. The lowest BCUT2D eigenvalue weighted by molar-refractivity contribution is -0.274. The minimum atomic E-state index is -4.67. The van der Waals surface area contributed by atoms with Crippen molar-refractivity contribution in [1.82, 2.24) is 0 Å². The maximum absolute atomic E-state index is 11.9. The highest BCUT2D eigenvalue weighted by Crippen LogP contribution is 2.25. The van der Waals surface area contributed by atoms with Gasteiger partial charge < -0.3 is 10.5 Å². The van der Waals surface area contributed by atoms with E-state index in [0.29, 0.717) is 6.42 Å². The zero-order valence-electron chi connectivity index (χ0n) is 9.42. The Morgan fingerprint density at radius 3 is 2.29 bits per heavy atom. The first-order valence-electron chi connectivity index (χ1n) is 5.03. The molecular weight excluding hydrogens is 231 g/mol. The van der Waals surface area contributed by atoms with E-state index < -0.39 is 6.36 Å². The number of alkyl halides is 3. The van der Waals surface area contributed by atoms with Gasteiger partial charge in [-0.25, -0.2) is 0 Å². The lowest BCUT2D eigenvalue weighted by Crippen LogP contribution is -2.17. The van der Waals surface area contributed by atoms with E-state index in [4.69, 9.17) is 5.73 Å². The summed E-state index contributed by atoms with van der Waals surface area (Å²) >= 11 is 0. The Balaban J connectivity index is 2.71. The number of benzene rings is 1.